The monoisotopic (exact) mass is 274 g/mol. The second-order valence-corrected chi connectivity index (χ2v) is 6.33. The number of benzene rings is 1. The Bertz CT molecular complexity index is 502. The van der Waals surface area contributed by atoms with Crippen molar-refractivity contribution in [3.05, 3.63) is 24.3 Å². The molecule has 0 atom stereocenters. The molecule has 1 aromatic carbocycles. The van der Waals surface area contributed by atoms with E-state index in [9.17, 15) is 4.79 Å². The summed E-state index contributed by atoms with van der Waals surface area (Å²) < 4.78 is 5.19. The molecule has 20 heavy (non-hydrogen) atoms. The molecule has 1 aromatic rings. The van der Waals surface area contributed by atoms with Crippen molar-refractivity contribution in [3.63, 3.8) is 0 Å². The Morgan fingerprint density at radius 2 is 1.85 bits per heavy atom. The first-order chi connectivity index (χ1) is 9.55. The number of ether oxygens (including phenoxy) is 1. The summed E-state index contributed by atoms with van der Waals surface area (Å²) in [5.41, 5.74) is 6.90. The molecule has 4 heteroatoms. The van der Waals surface area contributed by atoms with Gasteiger partial charge >= 0.3 is 0 Å². The molecule has 108 valence electrons. The highest BCUT2D eigenvalue weighted by Crippen LogP contribution is 2.51. The highest BCUT2D eigenvalue weighted by atomic mass is 16.5. The number of hydrogen-bond acceptors (Lipinski definition) is 3. The van der Waals surface area contributed by atoms with Crippen LogP contribution in [-0.2, 0) is 4.79 Å². The average Bonchev–Trinajstić information content (AvgIpc) is 2.48. The van der Waals surface area contributed by atoms with Crippen molar-refractivity contribution < 1.29 is 9.53 Å². The van der Waals surface area contributed by atoms with Crippen molar-refractivity contribution >= 4 is 11.6 Å². The number of anilines is 1. The van der Waals surface area contributed by atoms with Gasteiger partial charge in [0, 0.05) is 22.7 Å². The smallest absolute Gasteiger partial charge is 0.230 e. The fraction of sp³-hybridized carbons (Fsp3) is 0.562. The maximum absolute atomic E-state index is 12.7. The van der Waals surface area contributed by atoms with Gasteiger partial charge in [-0.1, -0.05) is 6.07 Å². The van der Waals surface area contributed by atoms with E-state index in [1.165, 1.54) is 0 Å². The molecular formula is C16H22N2O2. The fourth-order valence-electron chi connectivity index (χ4n) is 3.52. The van der Waals surface area contributed by atoms with Crippen LogP contribution in [0.1, 0.15) is 38.5 Å². The zero-order valence-electron chi connectivity index (χ0n) is 11.9. The van der Waals surface area contributed by atoms with Crippen LogP contribution in [0.15, 0.2) is 24.3 Å². The minimum Gasteiger partial charge on any atom is -0.497 e. The molecule has 3 aliphatic rings. The van der Waals surface area contributed by atoms with Crippen LogP contribution in [0.5, 0.6) is 5.75 Å². The average molecular weight is 274 g/mol. The van der Waals surface area contributed by atoms with Gasteiger partial charge in [-0.15, -0.1) is 0 Å². The number of amides is 1. The van der Waals surface area contributed by atoms with Crippen LogP contribution in [0.3, 0.4) is 0 Å². The van der Waals surface area contributed by atoms with E-state index in [0.717, 1.165) is 50.0 Å². The maximum Gasteiger partial charge on any atom is 0.230 e. The van der Waals surface area contributed by atoms with Crippen LogP contribution >= 0.6 is 0 Å². The summed E-state index contributed by atoms with van der Waals surface area (Å²) in [6.07, 6.45) is 5.66. The summed E-state index contributed by atoms with van der Waals surface area (Å²) >= 11 is 0. The van der Waals surface area contributed by atoms with E-state index in [1.54, 1.807) is 7.11 Å². The predicted molar refractivity (Wildman–Crippen MR) is 78.7 cm³/mol. The molecule has 4 rings (SSSR count). The van der Waals surface area contributed by atoms with Gasteiger partial charge in [-0.3, -0.25) is 4.79 Å². The summed E-state index contributed by atoms with van der Waals surface area (Å²) in [6.45, 7) is 0. The quantitative estimate of drug-likeness (QED) is 0.890. The molecule has 1 amide bonds. The van der Waals surface area contributed by atoms with E-state index >= 15 is 0 Å². The number of fused-ring (bicyclic) bond motifs is 3. The Morgan fingerprint density at radius 1 is 1.20 bits per heavy atom. The van der Waals surface area contributed by atoms with Crippen LogP contribution in [0.2, 0.25) is 0 Å². The van der Waals surface area contributed by atoms with Gasteiger partial charge in [0.25, 0.3) is 0 Å². The van der Waals surface area contributed by atoms with Crippen LogP contribution < -0.4 is 15.8 Å². The Hall–Kier alpha value is -1.55. The first kappa shape index (κ1) is 13.4. The molecule has 3 fully saturated rings. The Kier molecular flexibility index (Phi) is 3.21. The molecule has 2 bridgehead atoms. The van der Waals surface area contributed by atoms with Crippen LogP contribution in [0, 0.1) is 5.41 Å². The Balaban J connectivity index is 1.73. The first-order valence-electron chi connectivity index (χ1n) is 7.30. The van der Waals surface area contributed by atoms with Gasteiger partial charge in [0.2, 0.25) is 5.91 Å². The van der Waals surface area contributed by atoms with Crippen LogP contribution in [-0.4, -0.2) is 18.6 Å². The van der Waals surface area contributed by atoms with Gasteiger partial charge in [0.15, 0.2) is 0 Å². The van der Waals surface area contributed by atoms with Crippen LogP contribution in [0.25, 0.3) is 0 Å². The van der Waals surface area contributed by atoms with Crippen molar-refractivity contribution in [1.82, 2.24) is 0 Å². The van der Waals surface area contributed by atoms with Crippen molar-refractivity contribution in [1.29, 1.82) is 0 Å². The molecule has 0 heterocycles. The second kappa shape index (κ2) is 4.77. The number of rotatable bonds is 3. The van der Waals surface area contributed by atoms with E-state index < -0.39 is 0 Å². The highest BCUT2D eigenvalue weighted by Gasteiger charge is 2.50. The molecule has 0 spiro atoms. The Morgan fingerprint density at radius 3 is 2.45 bits per heavy atom. The summed E-state index contributed by atoms with van der Waals surface area (Å²) in [4.78, 5) is 12.7. The van der Waals surface area contributed by atoms with Crippen LogP contribution in [0.4, 0.5) is 5.69 Å². The topological polar surface area (TPSA) is 64.3 Å². The third-order valence-corrected chi connectivity index (χ3v) is 5.11. The van der Waals surface area contributed by atoms with Gasteiger partial charge in [0.1, 0.15) is 5.75 Å². The van der Waals surface area contributed by atoms with Crippen molar-refractivity contribution in [2.45, 2.75) is 44.1 Å². The minimum absolute atomic E-state index is 0.00199. The van der Waals surface area contributed by atoms with E-state index in [2.05, 4.69) is 5.32 Å². The molecule has 0 aromatic heterocycles. The number of methoxy groups -OCH3 is 1. The fourth-order valence-corrected chi connectivity index (χ4v) is 3.52. The lowest BCUT2D eigenvalue weighted by atomic mass is 9.57. The van der Waals surface area contributed by atoms with Gasteiger partial charge in [0.05, 0.1) is 7.11 Å². The Labute approximate surface area is 119 Å². The summed E-state index contributed by atoms with van der Waals surface area (Å²) in [6, 6.07) is 7.51. The van der Waals surface area contributed by atoms with E-state index in [1.807, 2.05) is 24.3 Å². The molecule has 0 unspecified atom stereocenters. The van der Waals surface area contributed by atoms with E-state index in [0.29, 0.717) is 0 Å². The second-order valence-electron chi connectivity index (χ2n) is 6.33. The third-order valence-electron chi connectivity index (χ3n) is 5.11. The number of hydrogen-bond donors (Lipinski definition) is 2. The number of carbonyl (C=O) groups excluding carboxylic acids is 1. The molecule has 3 aliphatic carbocycles. The molecule has 0 aliphatic heterocycles. The molecule has 4 nitrogen and oxygen atoms in total. The third kappa shape index (κ3) is 2.29. The standard InChI is InChI=1S/C16H22N2O2/c1-20-13-4-2-3-12(11-13)18-14(19)15-5-8-16(17,9-6-15)10-7-15/h2-4,11H,5-10,17H2,1H3,(H,18,19). The summed E-state index contributed by atoms with van der Waals surface area (Å²) in [5.74, 6) is 0.904. The predicted octanol–water partition coefficient (Wildman–Crippen LogP) is 2.69. The highest BCUT2D eigenvalue weighted by molar-refractivity contribution is 5.95. The molecule has 0 radical (unpaired) electrons. The normalized spacial score (nSPS) is 31.9. The zero-order valence-corrected chi connectivity index (χ0v) is 11.9. The van der Waals surface area contributed by atoms with Gasteiger partial charge in [-0.2, -0.15) is 0 Å². The van der Waals surface area contributed by atoms with Crippen molar-refractivity contribution in [2.75, 3.05) is 12.4 Å². The van der Waals surface area contributed by atoms with Crippen molar-refractivity contribution in [3.8, 4) is 5.75 Å². The van der Waals surface area contributed by atoms with Gasteiger partial charge < -0.3 is 15.8 Å². The molecule has 3 N–H and O–H groups in total. The number of nitrogens with two attached hydrogens (primary N) is 1. The van der Waals surface area contributed by atoms with E-state index in [-0.39, 0.29) is 16.9 Å². The first-order valence-corrected chi connectivity index (χ1v) is 7.30. The SMILES string of the molecule is COc1cccc(NC(=O)C23CCC(N)(CC2)CC3)c1. The van der Waals surface area contributed by atoms with E-state index in [4.69, 9.17) is 10.5 Å². The number of carbonyl (C=O) groups is 1. The minimum atomic E-state index is -0.204. The lowest BCUT2D eigenvalue weighted by Gasteiger charge is -2.50. The maximum atomic E-state index is 12.7. The lowest BCUT2D eigenvalue weighted by molar-refractivity contribution is -0.131. The molecular weight excluding hydrogens is 252 g/mol. The number of nitrogens with one attached hydrogen (secondary N) is 1. The van der Waals surface area contributed by atoms with Crippen molar-refractivity contribution in [2.24, 2.45) is 11.1 Å². The molecule has 3 saturated carbocycles. The largest absolute Gasteiger partial charge is 0.497 e. The van der Waals surface area contributed by atoms with Gasteiger partial charge in [-0.05, 0) is 50.7 Å². The summed E-state index contributed by atoms with van der Waals surface area (Å²) in [5, 5.41) is 3.06. The molecule has 0 saturated heterocycles. The lowest BCUT2D eigenvalue weighted by Crippen LogP contribution is -2.55. The van der Waals surface area contributed by atoms with Gasteiger partial charge in [-0.25, -0.2) is 0 Å². The zero-order chi connectivity index (χ0) is 14.2. The summed E-state index contributed by atoms with van der Waals surface area (Å²) in [7, 11) is 1.63.